The van der Waals surface area contributed by atoms with Gasteiger partial charge in [-0.15, -0.1) is 0 Å². The summed E-state index contributed by atoms with van der Waals surface area (Å²) < 4.78 is 34.0. The molecule has 1 aromatic carbocycles. The van der Waals surface area contributed by atoms with Gasteiger partial charge in [0, 0.05) is 13.2 Å². The van der Waals surface area contributed by atoms with Crippen molar-refractivity contribution in [3.8, 4) is 5.75 Å². The molecule has 6 nitrogen and oxygen atoms in total. The third-order valence-electron chi connectivity index (χ3n) is 2.49. The van der Waals surface area contributed by atoms with E-state index in [9.17, 15) is 8.42 Å². The fourth-order valence-electron chi connectivity index (χ4n) is 1.65. The van der Waals surface area contributed by atoms with Crippen LogP contribution in [0.4, 0.5) is 5.69 Å². The molecule has 108 valence electrons. The number of para-hydroxylation sites is 2. The highest BCUT2D eigenvalue weighted by atomic mass is 32.2. The van der Waals surface area contributed by atoms with Gasteiger partial charge in [-0.2, -0.15) is 5.10 Å². The first-order valence-corrected chi connectivity index (χ1v) is 7.64. The number of nitrogens with zero attached hydrogens (tertiary/aromatic N) is 2. The molecule has 1 heterocycles. The fourth-order valence-corrected chi connectivity index (χ4v) is 2.70. The maximum Gasteiger partial charge on any atom is 0.265 e. The quantitative estimate of drug-likeness (QED) is 0.915. The highest BCUT2D eigenvalue weighted by Gasteiger charge is 2.18. The highest BCUT2D eigenvalue weighted by Crippen LogP contribution is 2.27. The number of anilines is 1. The average Bonchev–Trinajstić information content (AvgIpc) is 2.78. The summed E-state index contributed by atoms with van der Waals surface area (Å²) in [6.07, 6.45) is 2.70. The number of benzene rings is 1. The summed E-state index contributed by atoms with van der Waals surface area (Å²) in [4.78, 5) is 0.111. The van der Waals surface area contributed by atoms with Crippen LogP contribution in [0.25, 0.3) is 0 Å². The van der Waals surface area contributed by atoms with Crippen molar-refractivity contribution in [2.45, 2.75) is 24.8 Å². The Morgan fingerprint density at radius 1 is 1.30 bits per heavy atom. The molecule has 0 amide bonds. The van der Waals surface area contributed by atoms with Crippen LogP contribution >= 0.6 is 0 Å². The van der Waals surface area contributed by atoms with E-state index in [1.807, 2.05) is 13.8 Å². The van der Waals surface area contributed by atoms with E-state index >= 15 is 0 Å². The fraction of sp³-hybridized carbons (Fsp3) is 0.308. The molecule has 0 saturated heterocycles. The standard InChI is InChI=1S/C13H17N3O3S/c1-10(2)19-13-7-5-4-6-12(13)15-20(17,18)11-8-14-16(3)9-11/h4-10,15H,1-3H3. The van der Waals surface area contributed by atoms with Gasteiger partial charge in [-0.3, -0.25) is 9.40 Å². The van der Waals surface area contributed by atoms with Gasteiger partial charge in [0.25, 0.3) is 10.0 Å². The van der Waals surface area contributed by atoms with Crippen LogP contribution in [0, 0.1) is 0 Å². The van der Waals surface area contributed by atoms with E-state index in [2.05, 4.69) is 9.82 Å². The zero-order valence-corrected chi connectivity index (χ0v) is 12.4. The van der Waals surface area contributed by atoms with Crippen molar-refractivity contribution in [1.29, 1.82) is 0 Å². The zero-order chi connectivity index (χ0) is 14.8. The molecule has 2 rings (SSSR count). The molecule has 2 aromatic rings. The molecular formula is C13H17N3O3S. The molecule has 7 heteroatoms. The number of aromatic nitrogens is 2. The van der Waals surface area contributed by atoms with Gasteiger partial charge in [0.15, 0.2) is 0 Å². The summed E-state index contributed by atoms with van der Waals surface area (Å²) in [5.74, 6) is 0.495. The molecule has 0 aliphatic heterocycles. The summed E-state index contributed by atoms with van der Waals surface area (Å²) in [5, 5.41) is 3.86. The number of rotatable bonds is 5. The number of hydrogen-bond donors (Lipinski definition) is 1. The summed E-state index contributed by atoms with van der Waals surface area (Å²) in [6, 6.07) is 6.92. The first-order chi connectivity index (χ1) is 9.38. The van der Waals surface area contributed by atoms with Crippen molar-refractivity contribution < 1.29 is 13.2 Å². The Kier molecular flexibility index (Phi) is 3.99. The number of nitrogens with one attached hydrogen (secondary N) is 1. The maximum atomic E-state index is 12.2. The minimum Gasteiger partial charge on any atom is -0.489 e. The SMILES string of the molecule is CC(C)Oc1ccccc1NS(=O)(=O)c1cnn(C)c1. The third kappa shape index (κ3) is 3.30. The molecular weight excluding hydrogens is 278 g/mol. The molecule has 1 aromatic heterocycles. The van der Waals surface area contributed by atoms with Crippen molar-refractivity contribution in [3.63, 3.8) is 0 Å². The van der Waals surface area contributed by atoms with Gasteiger partial charge < -0.3 is 4.74 Å². The lowest BCUT2D eigenvalue weighted by Crippen LogP contribution is -2.14. The van der Waals surface area contributed by atoms with Crippen LogP contribution in [0.1, 0.15) is 13.8 Å². The Hall–Kier alpha value is -2.02. The van der Waals surface area contributed by atoms with Crippen molar-refractivity contribution in [2.75, 3.05) is 4.72 Å². The largest absolute Gasteiger partial charge is 0.489 e. The van der Waals surface area contributed by atoms with Crippen LogP contribution in [-0.2, 0) is 17.1 Å². The van der Waals surface area contributed by atoms with Crippen molar-refractivity contribution >= 4 is 15.7 Å². The molecule has 0 aliphatic rings. The van der Waals surface area contributed by atoms with Crippen molar-refractivity contribution in [3.05, 3.63) is 36.7 Å². The van der Waals surface area contributed by atoms with Crippen LogP contribution in [0.3, 0.4) is 0 Å². The summed E-state index contributed by atoms with van der Waals surface area (Å²) >= 11 is 0. The molecule has 0 fully saturated rings. The first kappa shape index (κ1) is 14.4. The molecule has 0 unspecified atom stereocenters. The number of sulfonamides is 1. The van der Waals surface area contributed by atoms with Crippen LogP contribution in [-0.4, -0.2) is 24.3 Å². The second-order valence-electron chi connectivity index (χ2n) is 4.62. The summed E-state index contributed by atoms with van der Waals surface area (Å²) in [6.45, 7) is 3.76. The van der Waals surface area contributed by atoms with Gasteiger partial charge in [0.05, 0.1) is 18.0 Å². The van der Waals surface area contributed by atoms with Crippen LogP contribution in [0.15, 0.2) is 41.6 Å². The molecule has 0 saturated carbocycles. The zero-order valence-electron chi connectivity index (χ0n) is 11.6. The maximum absolute atomic E-state index is 12.2. The lowest BCUT2D eigenvalue weighted by atomic mass is 10.3. The van der Waals surface area contributed by atoms with Gasteiger partial charge in [-0.1, -0.05) is 12.1 Å². The van der Waals surface area contributed by atoms with Gasteiger partial charge >= 0.3 is 0 Å². The Balaban J connectivity index is 2.30. The minimum atomic E-state index is -3.66. The Morgan fingerprint density at radius 2 is 2.00 bits per heavy atom. The van der Waals surface area contributed by atoms with E-state index in [4.69, 9.17) is 4.74 Å². The van der Waals surface area contributed by atoms with Crippen LogP contribution in [0.5, 0.6) is 5.75 Å². The van der Waals surface area contributed by atoms with Gasteiger partial charge in [-0.25, -0.2) is 8.42 Å². The molecule has 0 radical (unpaired) electrons. The first-order valence-electron chi connectivity index (χ1n) is 6.15. The third-order valence-corrected chi connectivity index (χ3v) is 3.81. The lowest BCUT2D eigenvalue weighted by Gasteiger charge is -2.15. The second kappa shape index (κ2) is 5.54. The highest BCUT2D eigenvalue weighted by molar-refractivity contribution is 7.92. The van der Waals surface area contributed by atoms with Gasteiger partial charge in [-0.05, 0) is 26.0 Å². The molecule has 0 aliphatic carbocycles. The van der Waals surface area contributed by atoms with E-state index in [0.29, 0.717) is 11.4 Å². The summed E-state index contributed by atoms with van der Waals surface area (Å²) in [5.41, 5.74) is 0.407. The van der Waals surface area contributed by atoms with Crippen molar-refractivity contribution in [2.24, 2.45) is 7.05 Å². The van der Waals surface area contributed by atoms with Crippen molar-refractivity contribution in [1.82, 2.24) is 9.78 Å². The second-order valence-corrected chi connectivity index (χ2v) is 6.30. The summed E-state index contributed by atoms with van der Waals surface area (Å²) in [7, 11) is -2.00. The number of aryl methyl sites for hydroxylation is 1. The van der Waals surface area contributed by atoms with E-state index < -0.39 is 10.0 Å². The number of ether oxygens (including phenoxy) is 1. The van der Waals surface area contributed by atoms with Gasteiger partial charge in [0.1, 0.15) is 10.6 Å². The molecule has 1 N–H and O–H groups in total. The smallest absolute Gasteiger partial charge is 0.265 e. The van der Waals surface area contributed by atoms with Crippen LogP contribution < -0.4 is 9.46 Å². The van der Waals surface area contributed by atoms with Gasteiger partial charge in [0.2, 0.25) is 0 Å². The normalized spacial score (nSPS) is 11.6. The molecule has 20 heavy (non-hydrogen) atoms. The van der Waals surface area contributed by atoms with E-state index in [-0.39, 0.29) is 11.0 Å². The lowest BCUT2D eigenvalue weighted by molar-refractivity contribution is 0.244. The van der Waals surface area contributed by atoms with E-state index in [1.54, 1.807) is 31.3 Å². The number of hydrogen-bond acceptors (Lipinski definition) is 4. The Labute approximate surface area is 118 Å². The molecule has 0 atom stereocenters. The van der Waals surface area contributed by atoms with E-state index in [0.717, 1.165) is 0 Å². The topological polar surface area (TPSA) is 73.2 Å². The predicted molar refractivity (Wildman–Crippen MR) is 76.2 cm³/mol. The monoisotopic (exact) mass is 295 g/mol. The molecule has 0 bridgehead atoms. The molecule has 0 spiro atoms. The average molecular weight is 295 g/mol. The minimum absolute atomic E-state index is 0.0425. The van der Waals surface area contributed by atoms with Crippen LogP contribution in [0.2, 0.25) is 0 Å². The Morgan fingerprint density at radius 3 is 2.60 bits per heavy atom. The Bertz CT molecular complexity index is 692. The predicted octanol–water partition coefficient (Wildman–Crippen LogP) is 2.01. The van der Waals surface area contributed by atoms with E-state index in [1.165, 1.54) is 17.1 Å².